The molecule has 0 amide bonds. The van der Waals surface area contributed by atoms with Crippen molar-refractivity contribution < 1.29 is 8.78 Å². The molecule has 3 saturated carbocycles. The lowest BCUT2D eigenvalue weighted by Crippen LogP contribution is -2.24. The number of aryl methyl sites for hydroxylation is 1. The van der Waals surface area contributed by atoms with Crippen LogP contribution in [0, 0.1) is 48.1 Å². The van der Waals surface area contributed by atoms with Gasteiger partial charge in [-0.15, -0.1) is 0 Å². The lowest BCUT2D eigenvalue weighted by atomic mass is 9.91. The van der Waals surface area contributed by atoms with E-state index in [0.29, 0.717) is 23.3 Å². The average Bonchev–Trinajstić information content (AvgIpc) is 2.86. The number of nitrogens with one attached hydrogen (secondary N) is 1. The van der Waals surface area contributed by atoms with Crippen LogP contribution in [0.25, 0.3) is 0 Å². The van der Waals surface area contributed by atoms with Gasteiger partial charge in [-0.05, 0) is 74.5 Å². The number of rotatable bonds is 3. The van der Waals surface area contributed by atoms with Crippen molar-refractivity contribution in [2.75, 3.05) is 7.05 Å². The predicted molar refractivity (Wildman–Crippen MR) is 74.2 cm³/mol. The summed E-state index contributed by atoms with van der Waals surface area (Å²) in [6.07, 6.45) is 4.02. The largest absolute Gasteiger partial charge is 0.313 e. The molecule has 0 saturated heterocycles. The van der Waals surface area contributed by atoms with Crippen LogP contribution in [0.15, 0.2) is 12.1 Å². The summed E-state index contributed by atoms with van der Waals surface area (Å²) in [5.41, 5.74) is 0.807. The van der Waals surface area contributed by atoms with Crippen molar-refractivity contribution in [1.29, 1.82) is 0 Å². The van der Waals surface area contributed by atoms with Crippen molar-refractivity contribution in [1.82, 2.24) is 5.32 Å². The van der Waals surface area contributed by atoms with Gasteiger partial charge in [-0.25, -0.2) is 8.78 Å². The maximum absolute atomic E-state index is 14.4. The van der Waals surface area contributed by atoms with Crippen LogP contribution in [-0.4, -0.2) is 7.05 Å². The van der Waals surface area contributed by atoms with Gasteiger partial charge in [0.2, 0.25) is 0 Å². The van der Waals surface area contributed by atoms with Crippen LogP contribution in [0.2, 0.25) is 0 Å². The van der Waals surface area contributed by atoms with Gasteiger partial charge in [-0.3, -0.25) is 0 Å². The maximum Gasteiger partial charge on any atom is 0.133 e. The number of fused-ring (bicyclic) bond motifs is 5. The highest BCUT2D eigenvalue weighted by Gasteiger charge is 2.67. The van der Waals surface area contributed by atoms with E-state index in [9.17, 15) is 8.78 Å². The van der Waals surface area contributed by atoms with E-state index >= 15 is 0 Å². The Bertz CT molecular complexity index is 540. The molecule has 3 heteroatoms. The quantitative estimate of drug-likeness (QED) is 0.885. The molecule has 5 atom stereocenters. The highest BCUT2D eigenvalue weighted by molar-refractivity contribution is 5.32. The van der Waals surface area contributed by atoms with E-state index in [-0.39, 0.29) is 17.4 Å². The minimum Gasteiger partial charge on any atom is -0.313 e. The molecule has 1 aromatic rings. The monoisotopic (exact) mass is 277 g/mol. The third-order valence-corrected chi connectivity index (χ3v) is 6.12. The molecule has 0 radical (unpaired) electrons. The standard InChI is InChI=1S/C17H21F2N/c1-8-3-6-11(18)14(16(8)19)17(20-2)15-12-9-4-5-10(7-9)13(12)15/h3,6,9-10,12-13,15,17,20H,4-5,7H2,1-2H3. The summed E-state index contributed by atoms with van der Waals surface area (Å²) in [5.74, 6) is 2.75. The second-order valence-electron chi connectivity index (χ2n) is 6.92. The molecule has 0 aromatic heterocycles. The maximum atomic E-state index is 14.4. The minimum atomic E-state index is -0.398. The number of benzene rings is 1. The van der Waals surface area contributed by atoms with Gasteiger partial charge >= 0.3 is 0 Å². The Balaban J connectivity index is 1.69. The first-order chi connectivity index (χ1) is 9.63. The van der Waals surface area contributed by atoms with Crippen molar-refractivity contribution in [3.8, 4) is 0 Å². The van der Waals surface area contributed by atoms with Crippen LogP contribution in [0.1, 0.15) is 36.4 Å². The van der Waals surface area contributed by atoms with Gasteiger partial charge in [0.1, 0.15) is 11.6 Å². The molecule has 5 unspecified atom stereocenters. The zero-order chi connectivity index (χ0) is 14.0. The Morgan fingerprint density at radius 3 is 2.40 bits per heavy atom. The van der Waals surface area contributed by atoms with Gasteiger partial charge in [-0.1, -0.05) is 6.07 Å². The number of halogens is 2. The van der Waals surface area contributed by atoms with Crippen molar-refractivity contribution in [3.63, 3.8) is 0 Å². The summed E-state index contributed by atoms with van der Waals surface area (Å²) >= 11 is 0. The van der Waals surface area contributed by atoms with Crippen molar-refractivity contribution in [2.24, 2.45) is 29.6 Å². The first-order valence-electron chi connectivity index (χ1n) is 7.75. The second-order valence-corrected chi connectivity index (χ2v) is 6.92. The SMILES string of the molecule is CNC(c1c(F)ccc(C)c1F)C1C2C3CCC(C3)C21. The topological polar surface area (TPSA) is 12.0 Å². The Hall–Kier alpha value is -0.960. The fourth-order valence-corrected chi connectivity index (χ4v) is 5.33. The van der Waals surface area contributed by atoms with Gasteiger partial charge in [0.25, 0.3) is 0 Å². The van der Waals surface area contributed by atoms with E-state index < -0.39 is 5.82 Å². The Labute approximate surface area is 118 Å². The molecular formula is C17H21F2N. The molecule has 3 aliphatic rings. The first kappa shape index (κ1) is 12.8. The van der Waals surface area contributed by atoms with Crippen LogP contribution >= 0.6 is 0 Å². The fraction of sp³-hybridized carbons (Fsp3) is 0.647. The van der Waals surface area contributed by atoms with Crippen molar-refractivity contribution >= 4 is 0 Å². The van der Waals surface area contributed by atoms with Crippen LogP contribution in [0.5, 0.6) is 0 Å². The molecule has 2 bridgehead atoms. The second kappa shape index (κ2) is 4.27. The summed E-state index contributed by atoms with van der Waals surface area (Å²) in [6, 6.07) is 2.77. The Morgan fingerprint density at radius 2 is 1.80 bits per heavy atom. The Morgan fingerprint density at radius 1 is 1.15 bits per heavy atom. The van der Waals surface area contributed by atoms with Crippen LogP contribution < -0.4 is 5.32 Å². The molecule has 3 aliphatic carbocycles. The summed E-state index contributed by atoms with van der Waals surface area (Å²) in [5, 5.41) is 3.21. The molecule has 1 nitrogen and oxygen atoms in total. The highest BCUT2D eigenvalue weighted by Crippen LogP contribution is 2.72. The fourth-order valence-electron chi connectivity index (χ4n) is 5.33. The third-order valence-electron chi connectivity index (χ3n) is 6.12. The molecule has 20 heavy (non-hydrogen) atoms. The molecule has 3 fully saturated rings. The third kappa shape index (κ3) is 1.56. The molecule has 1 aromatic carbocycles. The summed E-state index contributed by atoms with van der Waals surface area (Å²) in [7, 11) is 1.84. The summed E-state index contributed by atoms with van der Waals surface area (Å²) in [6.45, 7) is 1.71. The molecule has 108 valence electrons. The van der Waals surface area contributed by atoms with Gasteiger partial charge in [0, 0.05) is 11.6 Å². The first-order valence-corrected chi connectivity index (χ1v) is 7.75. The zero-order valence-electron chi connectivity index (χ0n) is 12.0. The number of hydrogen-bond acceptors (Lipinski definition) is 1. The zero-order valence-corrected chi connectivity index (χ0v) is 12.0. The minimum absolute atomic E-state index is 0.159. The van der Waals surface area contributed by atoms with E-state index in [4.69, 9.17) is 0 Å². The van der Waals surface area contributed by atoms with E-state index in [0.717, 1.165) is 11.8 Å². The lowest BCUT2D eigenvalue weighted by molar-refractivity contribution is 0.366. The molecular weight excluding hydrogens is 256 g/mol. The summed E-state index contributed by atoms with van der Waals surface area (Å²) in [4.78, 5) is 0. The van der Waals surface area contributed by atoms with Crippen molar-refractivity contribution in [3.05, 3.63) is 34.9 Å². The van der Waals surface area contributed by atoms with Crippen LogP contribution in [0.4, 0.5) is 8.78 Å². The van der Waals surface area contributed by atoms with Gasteiger partial charge in [0.05, 0.1) is 0 Å². The lowest BCUT2D eigenvalue weighted by Gasteiger charge is -2.22. The summed E-state index contributed by atoms with van der Waals surface area (Å²) < 4.78 is 28.6. The van der Waals surface area contributed by atoms with Gasteiger partial charge < -0.3 is 5.32 Å². The average molecular weight is 277 g/mol. The van der Waals surface area contributed by atoms with E-state index in [1.54, 1.807) is 6.92 Å². The van der Waals surface area contributed by atoms with Crippen LogP contribution in [-0.2, 0) is 0 Å². The van der Waals surface area contributed by atoms with Crippen LogP contribution in [0.3, 0.4) is 0 Å². The smallest absolute Gasteiger partial charge is 0.133 e. The Kier molecular flexibility index (Phi) is 2.72. The number of hydrogen-bond donors (Lipinski definition) is 1. The van der Waals surface area contributed by atoms with E-state index in [2.05, 4.69) is 5.32 Å². The molecule has 0 spiro atoms. The normalized spacial score (nSPS) is 38.9. The van der Waals surface area contributed by atoms with Crippen molar-refractivity contribution in [2.45, 2.75) is 32.2 Å². The predicted octanol–water partition coefficient (Wildman–Crippen LogP) is 3.83. The van der Waals surface area contributed by atoms with Gasteiger partial charge in [0.15, 0.2) is 0 Å². The van der Waals surface area contributed by atoms with Gasteiger partial charge in [-0.2, -0.15) is 0 Å². The molecule has 0 heterocycles. The van der Waals surface area contributed by atoms with E-state index in [1.165, 1.54) is 31.4 Å². The molecule has 4 rings (SSSR count). The molecule has 1 N–H and O–H groups in total. The highest BCUT2D eigenvalue weighted by atomic mass is 19.1. The van der Waals surface area contributed by atoms with E-state index in [1.807, 2.05) is 7.05 Å². The molecule has 0 aliphatic heterocycles.